The van der Waals surface area contributed by atoms with Gasteiger partial charge < -0.3 is 15.3 Å². The molecule has 4 N–H and O–H groups in total. The van der Waals surface area contributed by atoms with Crippen LogP contribution in [0.5, 0.6) is 11.5 Å². The summed E-state index contributed by atoms with van der Waals surface area (Å²) in [5.74, 6) is -1.98. The second kappa shape index (κ2) is 8.14. The number of benzene rings is 2. The Morgan fingerprint density at radius 2 is 1.57 bits per heavy atom. The van der Waals surface area contributed by atoms with Gasteiger partial charge in [0.05, 0.1) is 0 Å². The summed E-state index contributed by atoms with van der Waals surface area (Å²) < 4.78 is 33.2. The van der Waals surface area contributed by atoms with Gasteiger partial charge >= 0.3 is 0 Å². The van der Waals surface area contributed by atoms with Crippen LogP contribution in [-0.2, 0) is 36.0 Å². The molecule has 28 heavy (non-hydrogen) atoms. The minimum absolute atomic E-state index is 0. The summed E-state index contributed by atoms with van der Waals surface area (Å²) >= 11 is 0. The largest absolute Gasteiger partial charge is 0.504 e. The van der Waals surface area contributed by atoms with Gasteiger partial charge in [-0.15, -0.1) is 0 Å². The summed E-state index contributed by atoms with van der Waals surface area (Å²) in [5.41, 5.74) is 0.865. The number of ketones is 1. The molecule has 0 saturated carbocycles. The fourth-order valence-electron chi connectivity index (χ4n) is 2.73. The first-order valence-electron chi connectivity index (χ1n) is 7.65. The van der Waals surface area contributed by atoms with Crippen LogP contribution in [0.1, 0.15) is 11.1 Å². The van der Waals surface area contributed by atoms with Gasteiger partial charge in [-0.3, -0.25) is 9.35 Å². The van der Waals surface area contributed by atoms with Crippen LogP contribution in [-0.4, -0.2) is 34.1 Å². The van der Waals surface area contributed by atoms with Crippen molar-refractivity contribution in [3.05, 3.63) is 83.2 Å². The molecule has 0 amide bonds. The van der Waals surface area contributed by atoms with Crippen LogP contribution >= 0.6 is 0 Å². The van der Waals surface area contributed by atoms with E-state index in [2.05, 4.69) is 0 Å². The average molecular weight is 482 g/mol. The molecule has 0 unspecified atom stereocenters. The molecule has 0 bridgehead atoms. The van der Waals surface area contributed by atoms with E-state index in [0.717, 1.165) is 12.2 Å². The summed E-state index contributed by atoms with van der Waals surface area (Å²) in [6.45, 7) is 0. The third kappa shape index (κ3) is 4.25. The number of rotatable bonds is 3. The van der Waals surface area contributed by atoms with Gasteiger partial charge in [-0.05, 0) is 47.1 Å². The minimum Gasteiger partial charge on any atom is -0.504 e. The summed E-state index contributed by atoms with van der Waals surface area (Å²) in [5, 5.41) is 29.2. The van der Waals surface area contributed by atoms with Crippen molar-refractivity contribution >= 4 is 21.5 Å². The maximum absolute atomic E-state index is 11.8. The zero-order valence-corrected chi connectivity index (χ0v) is 16.9. The SMILES string of the molecule is O=C1C=C/C(=C(/c2ccc(O)c(O)c2)c2ccccc2S(=O)(=O)O)C=C1O.[Mo]. The van der Waals surface area contributed by atoms with E-state index >= 15 is 0 Å². The zero-order chi connectivity index (χ0) is 19.8. The number of phenols is 2. The number of allylic oxidation sites excluding steroid dienone is 4. The maximum atomic E-state index is 11.8. The van der Waals surface area contributed by atoms with E-state index in [4.69, 9.17) is 0 Å². The van der Waals surface area contributed by atoms with Crippen molar-refractivity contribution in [2.45, 2.75) is 4.90 Å². The van der Waals surface area contributed by atoms with Crippen LogP contribution in [0.4, 0.5) is 0 Å². The fraction of sp³-hybridized carbons (Fsp3) is 0. The van der Waals surface area contributed by atoms with Crippen molar-refractivity contribution in [3.63, 3.8) is 0 Å². The van der Waals surface area contributed by atoms with Gasteiger partial charge in [-0.2, -0.15) is 8.42 Å². The molecule has 1 aliphatic rings. The van der Waals surface area contributed by atoms with Crippen LogP contribution in [0.2, 0.25) is 0 Å². The molecule has 7 nitrogen and oxygen atoms in total. The molecule has 0 radical (unpaired) electrons. The third-order valence-corrected chi connectivity index (χ3v) is 4.86. The first-order chi connectivity index (χ1) is 12.7. The topological polar surface area (TPSA) is 132 Å². The number of carbonyl (C=O) groups excluding carboxylic acids is 1. The Morgan fingerprint density at radius 1 is 0.893 bits per heavy atom. The third-order valence-electron chi connectivity index (χ3n) is 3.95. The van der Waals surface area contributed by atoms with Crippen LogP contribution in [0.3, 0.4) is 0 Å². The second-order valence-corrected chi connectivity index (χ2v) is 7.12. The predicted octanol–water partition coefficient (Wildman–Crippen LogP) is 2.72. The predicted molar refractivity (Wildman–Crippen MR) is 96.9 cm³/mol. The molecule has 2 aromatic carbocycles. The number of carbonyl (C=O) groups is 1. The molecule has 0 spiro atoms. The molecule has 0 fully saturated rings. The maximum Gasteiger partial charge on any atom is 0.295 e. The number of aliphatic hydroxyl groups is 1. The molecule has 3 rings (SSSR count). The van der Waals surface area contributed by atoms with Crippen LogP contribution in [0.15, 0.2) is 76.9 Å². The first kappa shape index (κ1) is 21.6. The molecule has 0 saturated heterocycles. The van der Waals surface area contributed by atoms with E-state index in [0.29, 0.717) is 5.56 Å². The molecule has 0 aliphatic heterocycles. The molecule has 0 aromatic heterocycles. The van der Waals surface area contributed by atoms with E-state index in [1.165, 1.54) is 42.5 Å². The molecule has 9 heteroatoms. The number of aromatic hydroxyl groups is 2. The van der Waals surface area contributed by atoms with Gasteiger partial charge in [-0.25, -0.2) is 0 Å². The van der Waals surface area contributed by atoms with Gasteiger partial charge in [0, 0.05) is 26.6 Å². The van der Waals surface area contributed by atoms with Gasteiger partial charge in [0.15, 0.2) is 17.3 Å². The van der Waals surface area contributed by atoms with Crippen molar-refractivity contribution < 1.29 is 54.1 Å². The van der Waals surface area contributed by atoms with Crippen molar-refractivity contribution in [1.29, 1.82) is 0 Å². The van der Waals surface area contributed by atoms with E-state index in [-0.39, 0.29) is 43.5 Å². The van der Waals surface area contributed by atoms with Crippen molar-refractivity contribution in [2.75, 3.05) is 0 Å². The summed E-state index contributed by atoms with van der Waals surface area (Å²) in [6, 6.07) is 9.45. The number of aliphatic hydroxyl groups excluding tert-OH is 1. The Hall–Kier alpha value is -2.67. The van der Waals surface area contributed by atoms with Gasteiger partial charge in [0.25, 0.3) is 10.1 Å². The van der Waals surface area contributed by atoms with E-state index in [1.54, 1.807) is 6.07 Å². The number of hydrogen-bond acceptors (Lipinski definition) is 6. The quantitative estimate of drug-likeness (QED) is 0.301. The Balaban J connectivity index is 0.00000280. The van der Waals surface area contributed by atoms with E-state index in [9.17, 15) is 33.1 Å². The van der Waals surface area contributed by atoms with Crippen LogP contribution in [0, 0.1) is 0 Å². The smallest absolute Gasteiger partial charge is 0.295 e. The van der Waals surface area contributed by atoms with Gasteiger partial charge in [0.1, 0.15) is 4.90 Å². The zero-order valence-electron chi connectivity index (χ0n) is 14.1. The number of hydrogen-bond donors (Lipinski definition) is 4. The molecule has 0 heterocycles. The minimum atomic E-state index is -4.59. The van der Waals surface area contributed by atoms with E-state index < -0.39 is 32.3 Å². The van der Waals surface area contributed by atoms with Crippen LogP contribution < -0.4 is 0 Å². The first-order valence-corrected chi connectivity index (χ1v) is 9.09. The Morgan fingerprint density at radius 3 is 2.18 bits per heavy atom. The molecule has 144 valence electrons. The normalized spacial score (nSPS) is 15.6. The summed E-state index contributed by atoms with van der Waals surface area (Å²) in [6.07, 6.45) is 3.64. The fourth-order valence-corrected chi connectivity index (χ4v) is 3.43. The molecule has 0 atom stereocenters. The Labute approximate surface area is 175 Å². The van der Waals surface area contributed by atoms with Crippen molar-refractivity contribution in [3.8, 4) is 11.5 Å². The molecular formula is C19H14MoO7S. The van der Waals surface area contributed by atoms with Crippen LogP contribution in [0.25, 0.3) is 5.57 Å². The monoisotopic (exact) mass is 484 g/mol. The average Bonchev–Trinajstić information content (AvgIpc) is 2.61. The molecule has 1 aliphatic carbocycles. The molecular weight excluding hydrogens is 468 g/mol. The van der Waals surface area contributed by atoms with Gasteiger partial charge in [0.2, 0.25) is 5.78 Å². The summed E-state index contributed by atoms with van der Waals surface area (Å²) in [7, 11) is -4.59. The van der Waals surface area contributed by atoms with Gasteiger partial charge in [-0.1, -0.05) is 30.3 Å². The van der Waals surface area contributed by atoms with Crippen molar-refractivity contribution in [2.24, 2.45) is 0 Å². The summed E-state index contributed by atoms with van der Waals surface area (Å²) in [4.78, 5) is 11.1. The van der Waals surface area contributed by atoms with E-state index in [1.807, 2.05) is 0 Å². The number of phenolic OH excluding ortho intramolecular Hbond substituents is 2. The Bertz CT molecular complexity index is 1140. The Kier molecular flexibility index (Phi) is 6.29. The second-order valence-electron chi connectivity index (χ2n) is 5.73. The molecule has 2 aromatic rings. The van der Waals surface area contributed by atoms with Crippen molar-refractivity contribution in [1.82, 2.24) is 0 Å². The standard InChI is InChI=1S/C19H14O7S.Mo/c20-14-7-5-11(9-16(14)22)19(12-6-8-15(21)17(23)10-12)13-3-1-2-4-18(13)27(24,25)26;/h1-10,20,22-23H,(H,24,25,26);/b19-12+;.